The number of methoxy groups -OCH3 is 1. The number of hydrogen-bond donors (Lipinski definition) is 2. The number of ether oxygens (including phenoxy) is 1. The quantitative estimate of drug-likeness (QED) is 0.257. The maximum absolute atomic E-state index is 12.4. The number of rotatable bonds is 10. The lowest BCUT2D eigenvalue weighted by Gasteiger charge is -2.22. The van der Waals surface area contributed by atoms with E-state index in [0.29, 0.717) is 45.6 Å². The average Bonchev–Trinajstić information content (AvgIpc) is 3.46. The Morgan fingerprint density at radius 1 is 1.25 bits per heavy atom. The molecule has 2 aromatic rings. The summed E-state index contributed by atoms with van der Waals surface area (Å²) in [7, 11) is -1.65. The molecule has 1 aliphatic rings. The van der Waals surface area contributed by atoms with Crippen LogP contribution in [0.25, 0.3) is 0 Å². The second-order valence-electron chi connectivity index (χ2n) is 7.46. The molecular formula is C22H33IN4O4S. The smallest absolute Gasteiger partial charge is 0.216 e. The first-order chi connectivity index (χ1) is 15.0. The highest BCUT2D eigenvalue weighted by Gasteiger charge is 2.33. The molecule has 0 radical (unpaired) electrons. The van der Waals surface area contributed by atoms with Gasteiger partial charge in [-0.25, -0.2) is 13.1 Å². The Kier molecular flexibility index (Phi) is 10.8. The number of likely N-dealkylation sites (tertiary alicyclic amines) is 1. The summed E-state index contributed by atoms with van der Waals surface area (Å²) in [6.45, 7) is 4.57. The van der Waals surface area contributed by atoms with Crippen LogP contribution >= 0.6 is 24.0 Å². The van der Waals surface area contributed by atoms with Gasteiger partial charge >= 0.3 is 0 Å². The van der Waals surface area contributed by atoms with E-state index in [1.54, 1.807) is 20.3 Å². The third-order valence-electron chi connectivity index (χ3n) is 5.28. The van der Waals surface area contributed by atoms with Crippen molar-refractivity contribution in [2.45, 2.75) is 31.4 Å². The number of benzene rings is 1. The van der Waals surface area contributed by atoms with Gasteiger partial charge in [0, 0.05) is 39.1 Å². The van der Waals surface area contributed by atoms with E-state index in [-0.39, 0.29) is 24.0 Å². The first-order valence-electron chi connectivity index (χ1n) is 10.7. The van der Waals surface area contributed by atoms with Crippen LogP contribution in [-0.2, 0) is 22.9 Å². The summed E-state index contributed by atoms with van der Waals surface area (Å²) in [5, 5.41) is 3.00. The monoisotopic (exact) mass is 576 g/mol. The van der Waals surface area contributed by atoms with Crippen LogP contribution < -0.4 is 14.8 Å². The summed E-state index contributed by atoms with van der Waals surface area (Å²) in [5.41, 5.74) is 1.19. The van der Waals surface area contributed by atoms with E-state index in [9.17, 15) is 8.42 Å². The van der Waals surface area contributed by atoms with Gasteiger partial charge in [-0.05, 0) is 42.7 Å². The van der Waals surface area contributed by atoms with E-state index >= 15 is 0 Å². The number of nitrogens with one attached hydrogen (secondary N) is 2. The summed E-state index contributed by atoms with van der Waals surface area (Å²) in [6, 6.07) is 11.8. The fourth-order valence-corrected chi connectivity index (χ4v) is 5.03. The van der Waals surface area contributed by atoms with Crippen molar-refractivity contribution in [1.82, 2.24) is 14.9 Å². The Morgan fingerprint density at radius 2 is 2.03 bits per heavy atom. The van der Waals surface area contributed by atoms with Gasteiger partial charge in [-0.2, -0.15) is 0 Å². The van der Waals surface area contributed by atoms with Crippen molar-refractivity contribution < 1.29 is 17.6 Å². The van der Waals surface area contributed by atoms with Gasteiger partial charge in [-0.15, -0.1) is 24.0 Å². The fraction of sp³-hybridized carbons (Fsp3) is 0.500. The molecule has 0 saturated carbocycles. The van der Waals surface area contributed by atoms with Crippen LogP contribution in [0.4, 0.5) is 0 Å². The van der Waals surface area contributed by atoms with Gasteiger partial charge in [-0.1, -0.05) is 19.1 Å². The molecule has 3 rings (SSSR count). The predicted molar refractivity (Wildman–Crippen MR) is 137 cm³/mol. The van der Waals surface area contributed by atoms with E-state index in [1.165, 1.54) is 5.56 Å². The number of halogens is 1. The summed E-state index contributed by atoms with van der Waals surface area (Å²) in [4.78, 5) is 6.78. The molecule has 1 unspecified atom stereocenters. The van der Waals surface area contributed by atoms with Gasteiger partial charge in [-0.3, -0.25) is 4.99 Å². The zero-order valence-electron chi connectivity index (χ0n) is 18.6. The second-order valence-corrected chi connectivity index (χ2v) is 9.50. The van der Waals surface area contributed by atoms with Gasteiger partial charge in [0.2, 0.25) is 10.0 Å². The van der Waals surface area contributed by atoms with Crippen LogP contribution in [0.5, 0.6) is 5.75 Å². The number of furan rings is 1. The Hall–Kier alpha value is -1.79. The summed E-state index contributed by atoms with van der Waals surface area (Å²) < 4.78 is 38.0. The van der Waals surface area contributed by atoms with Crippen molar-refractivity contribution in [3.8, 4) is 5.75 Å². The van der Waals surface area contributed by atoms with Crippen LogP contribution in [0, 0.1) is 0 Å². The molecule has 1 aromatic carbocycles. The maximum atomic E-state index is 12.4. The Labute approximate surface area is 207 Å². The number of nitrogens with zero attached hydrogens (tertiary/aromatic N) is 2. The molecule has 0 amide bonds. The molecule has 2 N–H and O–H groups in total. The van der Waals surface area contributed by atoms with E-state index < -0.39 is 15.3 Å². The zero-order chi connectivity index (χ0) is 22.1. The molecule has 0 bridgehead atoms. The minimum Gasteiger partial charge on any atom is -0.497 e. The van der Waals surface area contributed by atoms with Gasteiger partial charge in [0.15, 0.2) is 5.96 Å². The van der Waals surface area contributed by atoms with Crippen LogP contribution in [0.2, 0.25) is 0 Å². The number of aliphatic imine (C=N–C) groups is 1. The fourth-order valence-electron chi connectivity index (χ4n) is 3.60. The Morgan fingerprint density at radius 3 is 2.69 bits per heavy atom. The molecule has 1 atom stereocenters. The molecule has 0 aliphatic carbocycles. The van der Waals surface area contributed by atoms with Crippen LogP contribution in [0.3, 0.4) is 0 Å². The lowest BCUT2D eigenvalue weighted by atomic mass is 10.1. The number of sulfonamides is 1. The standard InChI is InChI=1S/C22H32N4O4S.HI/c1-3-25-31(27,28)21-12-15-26(17-21)22(24-14-11-20-5-4-16-30-20)23-13-10-18-6-8-19(29-2)9-7-18;/h4-9,16,21,25H,3,10-15,17H2,1-2H3,(H,23,24);1H. The first kappa shape index (κ1) is 26.5. The third-order valence-corrected chi connectivity index (χ3v) is 7.24. The molecule has 0 spiro atoms. The summed E-state index contributed by atoms with van der Waals surface area (Å²) in [6.07, 6.45) is 3.77. The maximum Gasteiger partial charge on any atom is 0.216 e. The SMILES string of the molecule is CCNS(=O)(=O)C1CCN(C(=NCCc2ccco2)NCCc2ccc(OC)cc2)C1.I. The highest BCUT2D eigenvalue weighted by atomic mass is 127. The van der Waals surface area contributed by atoms with Crippen molar-refractivity contribution >= 4 is 40.0 Å². The van der Waals surface area contributed by atoms with Crippen molar-refractivity contribution in [3.05, 3.63) is 54.0 Å². The van der Waals surface area contributed by atoms with E-state index in [4.69, 9.17) is 14.1 Å². The largest absolute Gasteiger partial charge is 0.497 e. The van der Waals surface area contributed by atoms with Crippen molar-refractivity contribution in [2.75, 3.05) is 39.8 Å². The topological polar surface area (TPSA) is 96.2 Å². The molecule has 1 aromatic heterocycles. The van der Waals surface area contributed by atoms with Crippen molar-refractivity contribution in [2.24, 2.45) is 4.99 Å². The molecule has 1 fully saturated rings. The van der Waals surface area contributed by atoms with Gasteiger partial charge in [0.25, 0.3) is 0 Å². The molecule has 178 valence electrons. The molecule has 8 nitrogen and oxygen atoms in total. The second kappa shape index (κ2) is 13.0. The van der Waals surface area contributed by atoms with Gasteiger partial charge in [0.1, 0.15) is 11.5 Å². The molecule has 1 aliphatic heterocycles. The molecule has 2 heterocycles. The molecular weight excluding hydrogens is 543 g/mol. The van der Waals surface area contributed by atoms with Crippen LogP contribution in [0.1, 0.15) is 24.7 Å². The van der Waals surface area contributed by atoms with Crippen molar-refractivity contribution in [3.63, 3.8) is 0 Å². The van der Waals surface area contributed by atoms with Gasteiger partial charge < -0.3 is 19.4 Å². The van der Waals surface area contributed by atoms with Crippen molar-refractivity contribution in [1.29, 1.82) is 0 Å². The van der Waals surface area contributed by atoms with E-state index in [2.05, 4.69) is 10.0 Å². The minimum atomic E-state index is -3.30. The normalized spacial score (nSPS) is 16.6. The number of guanidine groups is 1. The van der Waals surface area contributed by atoms with Crippen LogP contribution in [0.15, 0.2) is 52.1 Å². The highest BCUT2D eigenvalue weighted by Crippen LogP contribution is 2.17. The Balaban J connectivity index is 0.00000363. The zero-order valence-corrected chi connectivity index (χ0v) is 21.8. The molecule has 32 heavy (non-hydrogen) atoms. The first-order valence-corrected chi connectivity index (χ1v) is 12.2. The number of hydrogen-bond acceptors (Lipinski definition) is 5. The summed E-state index contributed by atoms with van der Waals surface area (Å²) >= 11 is 0. The van der Waals surface area contributed by atoms with E-state index in [1.807, 2.05) is 41.3 Å². The lowest BCUT2D eigenvalue weighted by molar-refractivity contribution is 0.414. The highest BCUT2D eigenvalue weighted by molar-refractivity contribution is 14.0. The van der Waals surface area contributed by atoms with E-state index in [0.717, 1.165) is 23.9 Å². The van der Waals surface area contributed by atoms with Crippen LogP contribution in [-0.4, -0.2) is 64.4 Å². The minimum absolute atomic E-state index is 0. The average molecular weight is 577 g/mol. The summed E-state index contributed by atoms with van der Waals surface area (Å²) in [5.74, 6) is 2.46. The lowest BCUT2D eigenvalue weighted by Crippen LogP contribution is -2.43. The Bertz CT molecular complexity index is 933. The third kappa shape index (κ3) is 7.66. The molecule has 1 saturated heterocycles. The van der Waals surface area contributed by atoms with Gasteiger partial charge in [0.05, 0.1) is 18.6 Å². The molecule has 10 heteroatoms. The predicted octanol–water partition coefficient (Wildman–Crippen LogP) is 2.65.